The third-order valence-corrected chi connectivity index (χ3v) is 4.77. The Morgan fingerprint density at radius 1 is 0.909 bits per heavy atom. The Morgan fingerprint density at radius 3 is 2.45 bits per heavy atom. The van der Waals surface area contributed by atoms with Gasteiger partial charge in [0, 0.05) is 0 Å². The minimum atomic E-state index is 1.08. The van der Waals surface area contributed by atoms with Gasteiger partial charge in [-0.3, -0.25) is 0 Å². The lowest BCUT2D eigenvalue weighted by Gasteiger charge is -2.35. The normalized spacial score (nSPS) is 60.3. The highest BCUT2D eigenvalue weighted by molar-refractivity contribution is 5.01. The molecule has 3 rings (SSSR count). The van der Waals surface area contributed by atoms with Crippen LogP contribution >= 0.6 is 0 Å². The lowest BCUT2D eigenvalue weighted by atomic mass is 9.70. The van der Waals surface area contributed by atoms with Gasteiger partial charge in [-0.05, 0) is 55.3 Å². The molecular weight excluding hydrogens is 132 g/mol. The van der Waals surface area contributed by atoms with Crippen LogP contribution in [0.3, 0.4) is 0 Å². The number of rotatable bonds is 0. The summed E-state index contributed by atoms with van der Waals surface area (Å²) in [5.41, 5.74) is 0. The van der Waals surface area contributed by atoms with Crippen molar-refractivity contribution in [1.82, 2.24) is 0 Å². The van der Waals surface area contributed by atoms with E-state index in [0.29, 0.717) is 0 Å². The maximum Gasteiger partial charge on any atom is -0.0329 e. The van der Waals surface area contributed by atoms with Gasteiger partial charge in [-0.2, -0.15) is 0 Å². The molecule has 3 fully saturated rings. The van der Waals surface area contributed by atoms with Crippen molar-refractivity contribution < 1.29 is 0 Å². The Morgan fingerprint density at radius 2 is 1.73 bits per heavy atom. The van der Waals surface area contributed by atoms with Crippen LogP contribution in [0.5, 0.6) is 0 Å². The summed E-state index contributed by atoms with van der Waals surface area (Å²) in [6, 6.07) is 0. The molecule has 0 nitrogen and oxygen atoms in total. The second-order valence-electron chi connectivity index (χ2n) is 5.13. The molecule has 5 atom stereocenters. The van der Waals surface area contributed by atoms with Crippen molar-refractivity contribution in [1.29, 1.82) is 0 Å². The standard InChI is InChI=1S/C11H18/c1-7-2-3-9-6-8-4-5-10(8)11(7)9/h7-11H,2-6H2,1H3. The summed E-state index contributed by atoms with van der Waals surface area (Å²) in [4.78, 5) is 0. The largest absolute Gasteiger partial charge is 0.0622 e. The highest BCUT2D eigenvalue weighted by Gasteiger charge is 2.51. The zero-order valence-electron chi connectivity index (χ0n) is 7.42. The molecular formula is C11H18. The van der Waals surface area contributed by atoms with E-state index in [2.05, 4.69) is 6.92 Å². The smallest absolute Gasteiger partial charge is 0.0329 e. The van der Waals surface area contributed by atoms with Gasteiger partial charge in [0.25, 0.3) is 0 Å². The monoisotopic (exact) mass is 150 g/mol. The third-order valence-electron chi connectivity index (χ3n) is 4.77. The summed E-state index contributed by atoms with van der Waals surface area (Å²) in [5, 5.41) is 0. The van der Waals surface area contributed by atoms with Crippen molar-refractivity contribution in [2.24, 2.45) is 29.6 Å². The molecule has 0 N–H and O–H groups in total. The Balaban J connectivity index is 1.86. The molecule has 0 aromatic carbocycles. The first-order valence-corrected chi connectivity index (χ1v) is 5.36. The van der Waals surface area contributed by atoms with Crippen molar-refractivity contribution in [3.05, 3.63) is 0 Å². The predicted octanol–water partition coefficient (Wildman–Crippen LogP) is 3.08. The van der Waals surface area contributed by atoms with Crippen molar-refractivity contribution in [3.8, 4) is 0 Å². The van der Waals surface area contributed by atoms with E-state index in [1.807, 2.05) is 0 Å². The Hall–Kier alpha value is 0. The molecule has 11 heavy (non-hydrogen) atoms. The SMILES string of the molecule is CC1CCC2CC3CCC3C12. The van der Waals surface area contributed by atoms with E-state index in [-0.39, 0.29) is 0 Å². The molecule has 0 radical (unpaired) electrons. The molecule has 0 heteroatoms. The van der Waals surface area contributed by atoms with Crippen LogP contribution in [-0.2, 0) is 0 Å². The van der Waals surface area contributed by atoms with Gasteiger partial charge in [0.15, 0.2) is 0 Å². The molecule has 3 saturated carbocycles. The number of fused-ring (bicyclic) bond motifs is 3. The van der Waals surface area contributed by atoms with Crippen LogP contribution < -0.4 is 0 Å². The van der Waals surface area contributed by atoms with Crippen LogP contribution in [0.15, 0.2) is 0 Å². The predicted molar refractivity (Wildman–Crippen MR) is 46.2 cm³/mol. The molecule has 0 aromatic heterocycles. The minimum Gasteiger partial charge on any atom is -0.0622 e. The number of hydrogen-bond acceptors (Lipinski definition) is 0. The Labute approximate surface area is 69.4 Å². The van der Waals surface area contributed by atoms with E-state index in [1.54, 1.807) is 32.1 Å². The highest BCUT2D eigenvalue weighted by atomic mass is 14.6. The molecule has 5 unspecified atom stereocenters. The second kappa shape index (κ2) is 2.02. The van der Waals surface area contributed by atoms with Crippen molar-refractivity contribution in [3.63, 3.8) is 0 Å². The summed E-state index contributed by atoms with van der Waals surface area (Å²) < 4.78 is 0. The van der Waals surface area contributed by atoms with Gasteiger partial charge in [0.1, 0.15) is 0 Å². The van der Waals surface area contributed by atoms with Crippen molar-refractivity contribution in [2.45, 2.75) is 39.0 Å². The van der Waals surface area contributed by atoms with Crippen LogP contribution in [0.2, 0.25) is 0 Å². The van der Waals surface area contributed by atoms with Crippen molar-refractivity contribution >= 4 is 0 Å². The first kappa shape index (κ1) is 6.51. The number of hydrogen-bond donors (Lipinski definition) is 0. The maximum atomic E-state index is 2.49. The van der Waals surface area contributed by atoms with Crippen LogP contribution in [-0.4, -0.2) is 0 Å². The minimum absolute atomic E-state index is 1.08. The van der Waals surface area contributed by atoms with Crippen LogP contribution in [0.4, 0.5) is 0 Å². The van der Waals surface area contributed by atoms with E-state index >= 15 is 0 Å². The van der Waals surface area contributed by atoms with Crippen LogP contribution in [0.1, 0.15) is 39.0 Å². The molecule has 62 valence electrons. The average molecular weight is 150 g/mol. The quantitative estimate of drug-likeness (QED) is 0.498. The Bertz CT molecular complexity index is 171. The molecule has 3 aliphatic carbocycles. The second-order valence-corrected chi connectivity index (χ2v) is 5.13. The van der Waals surface area contributed by atoms with Crippen LogP contribution in [0.25, 0.3) is 0 Å². The summed E-state index contributed by atoms with van der Waals surface area (Å²) in [6.45, 7) is 2.49. The summed E-state index contributed by atoms with van der Waals surface area (Å²) in [7, 11) is 0. The van der Waals surface area contributed by atoms with Gasteiger partial charge >= 0.3 is 0 Å². The molecule has 0 aromatic rings. The van der Waals surface area contributed by atoms with E-state index in [1.165, 1.54) is 23.7 Å². The van der Waals surface area contributed by atoms with E-state index in [0.717, 1.165) is 5.92 Å². The van der Waals surface area contributed by atoms with Gasteiger partial charge < -0.3 is 0 Å². The molecule has 0 amide bonds. The molecule has 0 aliphatic heterocycles. The molecule has 0 heterocycles. The lowest BCUT2D eigenvalue weighted by Crippen LogP contribution is -2.27. The van der Waals surface area contributed by atoms with E-state index in [4.69, 9.17) is 0 Å². The summed E-state index contributed by atoms with van der Waals surface area (Å²) in [5.74, 6) is 5.80. The fraction of sp³-hybridized carbons (Fsp3) is 1.00. The average Bonchev–Trinajstić information content (AvgIpc) is 2.37. The van der Waals surface area contributed by atoms with Gasteiger partial charge in [-0.15, -0.1) is 0 Å². The van der Waals surface area contributed by atoms with Gasteiger partial charge in [-0.25, -0.2) is 0 Å². The summed E-state index contributed by atoms with van der Waals surface area (Å²) in [6.07, 6.45) is 7.87. The molecule has 0 spiro atoms. The summed E-state index contributed by atoms with van der Waals surface area (Å²) >= 11 is 0. The first-order chi connectivity index (χ1) is 5.36. The van der Waals surface area contributed by atoms with Crippen molar-refractivity contribution in [2.75, 3.05) is 0 Å². The topological polar surface area (TPSA) is 0 Å². The maximum absolute atomic E-state index is 2.49. The first-order valence-electron chi connectivity index (χ1n) is 5.36. The van der Waals surface area contributed by atoms with Gasteiger partial charge in [-0.1, -0.05) is 13.3 Å². The zero-order valence-corrected chi connectivity index (χ0v) is 7.42. The Kier molecular flexibility index (Phi) is 1.20. The molecule has 0 bridgehead atoms. The van der Waals surface area contributed by atoms with Gasteiger partial charge in [0.2, 0.25) is 0 Å². The fourth-order valence-electron chi connectivity index (χ4n) is 4.16. The zero-order chi connectivity index (χ0) is 7.42. The highest BCUT2D eigenvalue weighted by Crippen LogP contribution is 2.60. The molecule has 0 saturated heterocycles. The molecule has 3 aliphatic rings. The fourth-order valence-corrected chi connectivity index (χ4v) is 4.16. The van der Waals surface area contributed by atoms with E-state index < -0.39 is 0 Å². The van der Waals surface area contributed by atoms with Gasteiger partial charge in [0.05, 0.1) is 0 Å². The lowest BCUT2D eigenvalue weighted by molar-refractivity contribution is 0.142. The third kappa shape index (κ3) is 0.711. The van der Waals surface area contributed by atoms with E-state index in [9.17, 15) is 0 Å². The van der Waals surface area contributed by atoms with Crippen LogP contribution in [0, 0.1) is 29.6 Å².